The van der Waals surface area contributed by atoms with Crippen LogP contribution in [0.2, 0.25) is 5.02 Å². The number of hydrogen-bond acceptors (Lipinski definition) is 4. The van der Waals surface area contributed by atoms with Crippen molar-refractivity contribution >= 4 is 23.0 Å². The minimum Gasteiger partial charge on any atom is -0.508 e. The third kappa shape index (κ3) is 3.39. The van der Waals surface area contributed by atoms with Crippen molar-refractivity contribution in [3.8, 4) is 5.75 Å². The quantitative estimate of drug-likeness (QED) is 0.652. The summed E-state index contributed by atoms with van der Waals surface area (Å²) in [5, 5.41) is 23.3. The Balaban J connectivity index is 2.02. The molecule has 2 aromatic carbocycles. The molecule has 0 bridgehead atoms. The number of nitrogens with zero attached hydrogens (tertiary/aromatic N) is 1. The van der Waals surface area contributed by atoms with Crippen molar-refractivity contribution in [3.63, 3.8) is 0 Å². The Labute approximate surface area is 121 Å². The molecule has 0 spiro atoms. The van der Waals surface area contributed by atoms with Crippen LogP contribution in [0.15, 0.2) is 42.5 Å². The van der Waals surface area contributed by atoms with Crippen molar-refractivity contribution < 1.29 is 10.0 Å². The van der Waals surface area contributed by atoms with E-state index in [0.29, 0.717) is 18.7 Å². The average Bonchev–Trinajstić information content (AvgIpc) is 2.40. The number of hydrogen-bond donors (Lipinski definition) is 2. The predicted octanol–water partition coefficient (Wildman–Crippen LogP) is 3.61. The topological polar surface area (TPSA) is 75.4 Å². The van der Waals surface area contributed by atoms with Gasteiger partial charge in [-0.25, -0.2) is 0 Å². The van der Waals surface area contributed by atoms with Crippen molar-refractivity contribution in [2.45, 2.75) is 6.42 Å². The maximum absolute atomic E-state index is 11.0. The first-order valence-electron chi connectivity index (χ1n) is 6.02. The number of para-hydroxylation sites is 1. The van der Waals surface area contributed by atoms with E-state index in [2.05, 4.69) is 5.32 Å². The first kappa shape index (κ1) is 14.1. The van der Waals surface area contributed by atoms with E-state index in [0.717, 1.165) is 5.56 Å². The van der Waals surface area contributed by atoms with Crippen LogP contribution in [0.5, 0.6) is 5.75 Å². The lowest BCUT2D eigenvalue weighted by Crippen LogP contribution is -2.07. The molecule has 0 saturated carbocycles. The van der Waals surface area contributed by atoms with Crippen LogP contribution in [0, 0.1) is 10.1 Å². The number of nitrogens with one attached hydrogen (secondary N) is 1. The van der Waals surface area contributed by atoms with Crippen LogP contribution < -0.4 is 5.32 Å². The van der Waals surface area contributed by atoms with Gasteiger partial charge in [0.15, 0.2) is 0 Å². The Hall–Kier alpha value is -2.27. The van der Waals surface area contributed by atoms with E-state index < -0.39 is 4.92 Å². The molecule has 0 radical (unpaired) electrons. The van der Waals surface area contributed by atoms with E-state index in [1.54, 1.807) is 24.3 Å². The van der Waals surface area contributed by atoms with E-state index in [1.807, 2.05) is 12.1 Å². The second-order valence-electron chi connectivity index (χ2n) is 4.24. The van der Waals surface area contributed by atoms with Crippen molar-refractivity contribution in [1.29, 1.82) is 0 Å². The zero-order valence-corrected chi connectivity index (χ0v) is 11.3. The van der Waals surface area contributed by atoms with Crippen molar-refractivity contribution in [3.05, 3.63) is 63.2 Å². The maximum atomic E-state index is 11.0. The van der Waals surface area contributed by atoms with Gasteiger partial charge < -0.3 is 10.4 Å². The summed E-state index contributed by atoms with van der Waals surface area (Å²) in [5.74, 6) is 0.215. The minimum atomic E-state index is -0.495. The molecule has 0 aliphatic rings. The molecule has 0 fully saturated rings. The first-order valence-corrected chi connectivity index (χ1v) is 6.40. The van der Waals surface area contributed by atoms with Gasteiger partial charge in [-0.15, -0.1) is 0 Å². The normalized spacial score (nSPS) is 10.2. The van der Waals surface area contributed by atoms with Gasteiger partial charge in [-0.05, 0) is 36.2 Å². The smallest absolute Gasteiger partial charge is 0.310 e. The van der Waals surface area contributed by atoms with E-state index in [-0.39, 0.29) is 16.5 Å². The molecular formula is C14H13ClN2O3. The van der Waals surface area contributed by atoms with E-state index in [1.165, 1.54) is 6.07 Å². The van der Waals surface area contributed by atoms with E-state index in [4.69, 9.17) is 11.6 Å². The number of anilines is 1. The van der Waals surface area contributed by atoms with Gasteiger partial charge in [-0.1, -0.05) is 29.8 Å². The molecule has 20 heavy (non-hydrogen) atoms. The molecule has 0 atom stereocenters. The fourth-order valence-electron chi connectivity index (χ4n) is 1.85. The molecule has 5 nitrogen and oxygen atoms in total. The van der Waals surface area contributed by atoms with Crippen LogP contribution in [0.1, 0.15) is 5.56 Å². The van der Waals surface area contributed by atoms with Crippen LogP contribution in [0.4, 0.5) is 11.4 Å². The summed E-state index contributed by atoms with van der Waals surface area (Å²) in [7, 11) is 0. The van der Waals surface area contributed by atoms with Crippen LogP contribution >= 0.6 is 11.6 Å². The molecule has 0 saturated heterocycles. The number of halogens is 1. The monoisotopic (exact) mass is 292 g/mol. The summed E-state index contributed by atoms with van der Waals surface area (Å²) in [6.45, 7) is 0.534. The molecule has 0 unspecified atom stereocenters. The van der Waals surface area contributed by atoms with Crippen LogP contribution in [-0.4, -0.2) is 16.6 Å². The van der Waals surface area contributed by atoms with Crippen molar-refractivity contribution in [1.82, 2.24) is 0 Å². The second-order valence-corrected chi connectivity index (χ2v) is 4.64. The first-order chi connectivity index (χ1) is 9.58. The number of phenols is 1. The Kier molecular flexibility index (Phi) is 4.42. The van der Waals surface area contributed by atoms with Gasteiger partial charge in [-0.3, -0.25) is 10.1 Å². The van der Waals surface area contributed by atoms with Crippen molar-refractivity contribution in [2.75, 3.05) is 11.9 Å². The Bertz CT molecular complexity index is 614. The molecule has 2 N–H and O–H groups in total. The fraction of sp³-hybridized carbons (Fsp3) is 0.143. The number of phenolic OH excluding ortho intramolecular Hbond substituents is 1. The number of rotatable bonds is 5. The number of nitro groups is 1. The Morgan fingerprint density at radius 2 is 1.90 bits per heavy atom. The summed E-state index contributed by atoms with van der Waals surface area (Å²) in [4.78, 5) is 10.5. The van der Waals surface area contributed by atoms with Gasteiger partial charge in [0.05, 0.1) is 4.92 Å². The molecule has 0 aliphatic heterocycles. The molecule has 0 heterocycles. The van der Waals surface area contributed by atoms with E-state index >= 15 is 0 Å². The second kappa shape index (κ2) is 6.25. The summed E-state index contributed by atoms with van der Waals surface area (Å²) in [6, 6.07) is 11.6. The number of aromatic hydroxyl groups is 1. The van der Waals surface area contributed by atoms with Gasteiger partial charge >= 0.3 is 5.69 Å². The standard InChI is InChI=1S/C14H13ClN2O3/c15-12-2-1-3-13(14(12)17(19)20)16-9-8-10-4-6-11(18)7-5-10/h1-7,16,18H,8-9H2. The highest BCUT2D eigenvalue weighted by molar-refractivity contribution is 6.33. The highest BCUT2D eigenvalue weighted by atomic mass is 35.5. The molecule has 2 rings (SSSR count). The molecule has 0 aromatic heterocycles. The lowest BCUT2D eigenvalue weighted by atomic mass is 10.1. The zero-order chi connectivity index (χ0) is 14.5. The molecule has 2 aromatic rings. The number of nitro benzene ring substituents is 1. The van der Waals surface area contributed by atoms with Crippen LogP contribution in [0.3, 0.4) is 0 Å². The molecule has 104 valence electrons. The van der Waals surface area contributed by atoms with Gasteiger partial charge in [0.1, 0.15) is 16.5 Å². The summed E-state index contributed by atoms with van der Waals surface area (Å²) in [6.07, 6.45) is 0.684. The number of benzene rings is 2. The maximum Gasteiger partial charge on any atom is 0.310 e. The highest BCUT2D eigenvalue weighted by Crippen LogP contribution is 2.32. The Morgan fingerprint density at radius 3 is 2.55 bits per heavy atom. The van der Waals surface area contributed by atoms with Gasteiger partial charge in [0.2, 0.25) is 0 Å². The molecule has 0 aliphatic carbocycles. The van der Waals surface area contributed by atoms with Gasteiger partial charge in [0.25, 0.3) is 0 Å². The lowest BCUT2D eigenvalue weighted by molar-refractivity contribution is -0.383. The largest absolute Gasteiger partial charge is 0.508 e. The highest BCUT2D eigenvalue weighted by Gasteiger charge is 2.17. The molecule has 0 amide bonds. The fourth-order valence-corrected chi connectivity index (χ4v) is 2.09. The van der Waals surface area contributed by atoms with E-state index in [9.17, 15) is 15.2 Å². The van der Waals surface area contributed by atoms with Gasteiger partial charge in [0, 0.05) is 6.54 Å². The summed E-state index contributed by atoms with van der Waals surface area (Å²) >= 11 is 5.83. The van der Waals surface area contributed by atoms with Crippen LogP contribution in [-0.2, 0) is 6.42 Å². The zero-order valence-electron chi connectivity index (χ0n) is 10.5. The predicted molar refractivity (Wildman–Crippen MR) is 78.4 cm³/mol. The van der Waals surface area contributed by atoms with Gasteiger partial charge in [-0.2, -0.15) is 0 Å². The summed E-state index contributed by atoms with van der Waals surface area (Å²) in [5.41, 5.74) is 1.32. The third-order valence-corrected chi connectivity index (χ3v) is 3.14. The van der Waals surface area contributed by atoms with Crippen LogP contribution in [0.25, 0.3) is 0 Å². The summed E-state index contributed by atoms with van der Waals surface area (Å²) < 4.78 is 0. The SMILES string of the molecule is O=[N+]([O-])c1c(Cl)cccc1NCCc1ccc(O)cc1. The average molecular weight is 293 g/mol. The minimum absolute atomic E-state index is 0.111. The molecular weight excluding hydrogens is 280 g/mol. The Morgan fingerprint density at radius 1 is 1.20 bits per heavy atom. The molecule has 6 heteroatoms. The lowest BCUT2D eigenvalue weighted by Gasteiger charge is -2.08. The third-order valence-electron chi connectivity index (χ3n) is 2.83. The van der Waals surface area contributed by atoms with Crippen molar-refractivity contribution in [2.24, 2.45) is 0 Å².